The van der Waals surface area contributed by atoms with Gasteiger partial charge in [0.05, 0.1) is 19.3 Å². The molecule has 3 nitrogen and oxygen atoms in total. The average molecular weight is 250 g/mol. The number of hydrogen-bond donors (Lipinski definition) is 1. The highest BCUT2D eigenvalue weighted by Crippen LogP contribution is 2.27. The fourth-order valence-corrected chi connectivity index (χ4v) is 2.43. The molecule has 2 rings (SSSR count). The number of hydrogen-bond acceptors (Lipinski definition) is 3. The van der Waals surface area contributed by atoms with E-state index in [4.69, 9.17) is 9.47 Å². The molecule has 1 aromatic rings. The summed E-state index contributed by atoms with van der Waals surface area (Å²) in [5.74, 6) is 0.837. The molecule has 18 heavy (non-hydrogen) atoms. The van der Waals surface area contributed by atoms with Gasteiger partial charge in [0.2, 0.25) is 0 Å². The molecule has 0 aliphatic carbocycles. The van der Waals surface area contributed by atoms with Crippen molar-refractivity contribution < 1.29 is 14.6 Å². The van der Waals surface area contributed by atoms with Gasteiger partial charge in [-0.3, -0.25) is 0 Å². The van der Waals surface area contributed by atoms with E-state index in [0.29, 0.717) is 6.10 Å². The maximum absolute atomic E-state index is 10.2. The lowest BCUT2D eigenvalue weighted by Crippen LogP contribution is -2.08. The molecule has 0 saturated carbocycles. The summed E-state index contributed by atoms with van der Waals surface area (Å²) < 4.78 is 10.8. The Morgan fingerprint density at radius 2 is 2.33 bits per heavy atom. The first-order valence-corrected chi connectivity index (χ1v) is 6.65. The molecule has 1 heterocycles. The second kappa shape index (κ2) is 6.21. The Labute approximate surface area is 109 Å². The first-order valence-electron chi connectivity index (χ1n) is 6.65. The highest BCUT2D eigenvalue weighted by Gasteiger charge is 2.18. The Morgan fingerprint density at radius 3 is 3.00 bits per heavy atom. The van der Waals surface area contributed by atoms with Gasteiger partial charge in [0.15, 0.2) is 0 Å². The fraction of sp³-hybridized carbons (Fsp3) is 0.600. The lowest BCUT2D eigenvalue weighted by atomic mass is 10.0. The lowest BCUT2D eigenvalue weighted by Gasteiger charge is -2.15. The summed E-state index contributed by atoms with van der Waals surface area (Å²) in [5, 5.41) is 10.2. The Balaban J connectivity index is 1.93. The predicted octanol–water partition coefficient (Wildman–Crippen LogP) is 3.00. The van der Waals surface area contributed by atoms with Crippen LogP contribution in [-0.2, 0) is 4.74 Å². The minimum Gasteiger partial charge on any atom is -0.496 e. The second-order valence-corrected chi connectivity index (χ2v) is 4.96. The number of methoxy groups -OCH3 is 1. The zero-order chi connectivity index (χ0) is 13.0. The van der Waals surface area contributed by atoms with E-state index < -0.39 is 6.10 Å². The number of rotatable bonds is 5. The largest absolute Gasteiger partial charge is 0.496 e. The molecule has 3 heteroatoms. The van der Waals surface area contributed by atoms with Crippen molar-refractivity contribution in [1.29, 1.82) is 0 Å². The summed E-state index contributed by atoms with van der Waals surface area (Å²) in [5.41, 5.74) is 2.02. The zero-order valence-electron chi connectivity index (χ0n) is 11.2. The smallest absolute Gasteiger partial charge is 0.122 e. The van der Waals surface area contributed by atoms with Gasteiger partial charge in [0.25, 0.3) is 0 Å². The Kier molecular flexibility index (Phi) is 4.61. The third kappa shape index (κ3) is 3.24. The molecular formula is C15H22O3. The van der Waals surface area contributed by atoms with Crippen LogP contribution in [0.5, 0.6) is 5.75 Å². The van der Waals surface area contributed by atoms with Crippen LogP contribution in [0.2, 0.25) is 0 Å². The summed E-state index contributed by atoms with van der Waals surface area (Å²) in [4.78, 5) is 0. The summed E-state index contributed by atoms with van der Waals surface area (Å²) in [7, 11) is 1.66. The quantitative estimate of drug-likeness (QED) is 0.873. The van der Waals surface area contributed by atoms with E-state index in [1.807, 2.05) is 25.1 Å². The third-order valence-corrected chi connectivity index (χ3v) is 3.60. The molecule has 1 aliphatic heterocycles. The van der Waals surface area contributed by atoms with Gasteiger partial charge in [-0.1, -0.05) is 12.1 Å². The van der Waals surface area contributed by atoms with Gasteiger partial charge < -0.3 is 14.6 Å². The molecule has 0 amide bonds. The molecule has 1 aromatic carbocycles. The number of aliphatic hydroxyl groups is 1. The summed E-state index contributed by atoms with van der Waals surface area (Å²) in [6, 6.07) is 5.89. The molecule has 100 valence electrons. The number of ether oxygens (including phenoxy) is 2. The van der Waals surface area contributed by atoms with Crippen LogP contribution in [0.15, 0.2) is 18.2 Å². The Hall–Kier alpha value is -1.06. The van der Waals surface area contributed by atoms with Crippen molar-refractivity contribution in [3.63, 3.8) is 0 Å². The van der Waals surface area contributed by atoms with Gasteiger partial charge in [-0.15, -0.1) is 0 Å². The highest BCUT2D eigenvalue weighted by molar-refractivity contribution is 5.37. The van der Waals surface area contributed by atoms with Crippen LogP contribution in [-0.4, -0.2) is 24.9 Å². The third-order valence-electron chi connectivity index (χ3n) is 3.60. The fourth-order valence-electron chi connectivity index (χ4n) is 2.43. The van der Waals surface area contributed by atoms with Gasteiger partial charge >= 0.3 is 0 Å². The maximum atomic E-state index is 10.2. The molecule has 1 aliphatic rings. The van der Waals surface area contributed by atoms with Crippen molar-refractivity contribution in [2.24, 2.45) is 0 Å². The van der Waals surface area contributed by atoms with E-state index in [1.54, 1.807) is 7.11 Å². The monoisotopic (exact) mass is 250 g/mol. The van der Waals surface area contributed by atoms with Crippen molar-refractivity contribution in [3.8, 4) is 5.75 Å². The summed E-state index contributed by atoms with van der Waals surface area (Å²) in [6.45, 7) is 2.88. The van der Waals surface area contributed by atoms with Gasteiger partial charge in [-0.05, 0) is 49.8 Å². The van der Waals surface area contributed by atoms with Crippen molar-refractivity contribution in [3.05, 3.63) is 29.3 Å². The van der Waals surface area contributed by atoms with Gasteiger partial charge in [-0.25, -0.2) is 0 Å². The van der Waals surface area contributed by atoms with Crippen molar-refractivity contribution in [2.75, 3.05) is 13.7 Å². The van der Waals surface area contributed by atoms with Crippen LogP contribution in [0.1, 0.15) is 42.9 Å². The molecule has 0 spiro atoms. The SMILES string of the molecule is COc1cc(C(O)CCC2CCCO2)ccc1C. The summed E-state index contributed by atoms with van der Waals surface area (Å²) in [6.07, 6.45) is 3.87. The van der Waals surface area contributed by atoms with Gasteiger partial charge in [0.1, 0.15) is 5.75 Å². The average Bonchev–Trinajstić information content (AvgIpc) is 2.89. The number of aryl methyl sites for hydroxylation is 1. The van der Waals surface area contributed by atoms with E-state index in [2.05, 4.69) is 0 Å². The van der Waals surface area contributed by atoms with Crippen LogP contribution >= 0.6 is 0 Å². The number of aliphatic hydroxyl groups excluding tert-OH is 1. The summed E-state index contributed by atoms with van der Waals surface area (Å²) >= 11 is 0. The Bertz CT molecular complexity index is 383. The topological polar surface area (TPSA) is 38.7 Å². The number of benzene rings is 1. The molecule has 1 saturated heterocycles. The molecule has 1 fully saturated rings. The van der Waals surface area contributed by atoms with Crippen LogP contribution in [0, 0.1) is 6.92 Å². The maximum Gasteiger partial charge on any atom is 0.122 e. The van der Waals surface area contributed by atoms with Crippen molar-refractivity contribution in [1.82, 2.24) is 0 Å². The molecule has 2 unspecified atom stereocenters. The standard InChI is InChI=1S/C15H22O3/c1-11-5-6-12(10-15(11)17-2)14(16)8-7-13-4-3-9-18-13/h5-6,10,13-14,16H,3-4,7-9H2,1-2H3. The highest BCUT2D eigenvalue weighted by atomic mass is 16.5. The molecular weight excluding hydrogens is 228 g/mol. The first kappa shape index (κ1) is 13.4. The van der Waals surface area contributed by atoms with E-state index >= 15 is 0 Å². The first-order chi connectivity index (χ1) is 8.70. The molecule has 0 aromatic heterocycles. The van der Waals surface area contributed by atoms with E-state index in [-0.39, 0.29) is 0 Å². The minimum atomic E-state index is -0.427. The molecule has 0 radical (unpaired) electrons. The second-order valence-electron chi connectivity index (χ2n) is 4.96. The Morgan fingerprint density at radius 1 is 1.50 bits per heavy atom. The minimum absolute atomic E-state index is 0.340. The normalized spacial score (nSPS) is 20.9. The predicted molar refractivity (Wildman–Crippen MR) is 70.9 cm³/mol. The zero-order valence-corrected chi connectivity index (χ0v) is 11.2. The molecule has 1 N–H and O–H groups in total. The van der Waals surface area contributed by atoms with E-state index in [0.717, 1.165) is 49.2 Å². The van der Waals surface area contributed by atoms with Crippen molar-refractivity contribution in [2.45, 2.75) is 44.8 Å². The van der Waals surface area contributed by atoms with Crippen LogP contribution < -0.4 is 4.74 Å². The molecule has 2 atom stereocenters. The van der Waals surface area contributed by atoms with Gasteiger partial charge in [0, 0.05) is 6.61 Å². The van der Waals surface area contributed by atoms with E-state index in [9.17, 15) is 5.11 Å². The lowest BCUT2D eigenvalue weighted by molar-refractivity contribution is 0.0812. The van der Waals surface area contributed by atoms with Crippen LogP contribution in [0.4, 0.5) is 0 Å². The van der Waals surface area contributed by atoms with Crippen molar-refractivity contribution >= 4 is 0 Å². The van der Waals surface area contributed by atoms with Crippen LogP contribution in [0.3, 0.4) is 0 Å². The van der Waals surface area contributed by atoms with E-state index in [1.165, 1.54) is 0 Å². The molecule has 0 bridgehead atoms. The van der Waals surface area contributed by atoms with Gasteiger partial charge in [-0.2, -0.15) is 0 Å². The van der Waals surface area contributed by atoms with Crippen LogP contribution in [0.25, 0.3) is 0 Å².